The van der Waals surface area contributed by atoms with Crippen molar-refractivity contribution in [2.75, 3.05) is 32.1 Å². The summed E-state index contributed by atoms with van der Waals surface area (Å²) in [5.74, 6) is 2.98. The number of fused-ring (bicyclic) bond motifs is 1. The van der Waals surface area contributed by atoms with Gasteiger partial charge >= 0.3 is 5.69 Å². The molecule has 1 aromatic rings. The van der Waals surface area contributed by atoms with E-state index in [0.717, 1.165) is 63.5 Å². The Kier molecular flexibility index (Phi) is 8.21. The molecule has 24 heavy (non-hydrogen) atoms. The molecule has 0 aromatic carbocycles. The Morgan fingerprint density at radius 2 is 2.04 bits per heavy atom. The first kappa shape index (κ1) is 18.9. The standard InChI is InChI=1S/C16H30N6OS/c1-17-15(18-9-4-6-13-24-2)19-10-7-12-22-16(23)21-11-5-3-8-14(21)20-22/h3-13H2,1-2H3,(H2,17,18,19). The quantitative estimate of drug-likeness (QED) is 0.394. The molecule has 8 heteroatoms. The van der Waals surface area contributed by atoms with Gasteiger partial charge in [-0.25, -0.2) is 9.48 Å². The van der Waals surface area contributed by atoms with Crippen molar-refractivity contribution < 1.29 is 0 Å². The van der Waals surface area contributed by atoms with Crippen molar-refractivity contribution in [1.29, 1.82) is 0 Å². The van der Waals surface area contributed by atoms with E-state index in [0.29, 0.717) is 6.54 Å². The highest BCUT2D eigenvalue weighted by Crippen LogP contribution is 2.09. The summed E-state index contributed by atoms with van der Waals surface area (Å²) >= 11 is 1.88. The van der Waals surface area contributed by atoms with Crippen LogP contribution in [0.1, 0.15) is 37.9 Å². The summed E-state index contributed by atoms with van der Waals surface area (Å²) < 4.78 is 3.44. The lowest BCUT2D eigenvalue weighted by Crippen LogP contribution is -2.38. The molecule has 0 saturated carbocycles. The van der Waals surface area contributed by atoms with Crippen LogP contribution in [0.3, 0.4) is 0 Å². The van der Waals surface area contributed by atoms with Crippen molar-refractivity contribution in [2.24, 2.45) is 4.99 Å². The van der Waals surface area contributed by atoms with E-state index in [1.165, 1.54) is 12.2 Å². The lowest BCUT2D eigenvalue weighted by Gasteiger charge is -2.11. The summed E-state index contributed by atoms with van der Waals surface area (Å²) in [6.07, 6.45) is 8.50. The molecule has 1 aliphatic heterocycles. The van der Waals surface area contributed by atoms with Crippen LogP contribution in [-0.2, 0) is 19.5 Å². The number of aliphatic imine (C=N–C) groups is 1. The topological polar surface area (TPSA) is 76.2 Å². The van der Waals surface area contributed by atoms with Crippen LogP contribution in [0, 0.1) is 0 Å². The van der Waals surface area contributed by atoms with Gasteiger partial charge in [0, 0.05) is 39.6 Å². The lowest BCUT2D eigenvalue weighted by molar-refractivity contribution is 0.509. The van der Waals surface area contributed by atoms with Gasteiger partial charge in [-0.15, -0.1) is 0 Å². The molecule has 1 aromatic heterocycles. The Morgan fingerprint density at radius 3 is 2.75 bits per heavy atom. The zero-order valence-corrected chi connectivity index (χ0v) is 15.7. The normalized spacial score (nSPS) is 14.5. The van der Waals surface area contributed by atoms with Gasteiger partial charge in [-0.2, -0.15) is 16.9 Å². The van der Waals surface area contributed by atoms with E-state index in [4.69, 9.17) is 0 Å². The average Bonchev–Trinajstić information content (AvgIpc) is 2.93. The van der Waals surface area contributed by atoms with E-state index < -0.39 is 0 Å². The Balaban J connectivity index is 1.67. The molecule has 2 rings (SSSR count). The number of hydrogen-bond donors (Lipinski definition) is 2. The Labute approximate surface area is 148 Å². The van der Waals surface area contributed by atoms with Crippen molar-refractivity contribution in [1.82, 2.24) is 25.0 Å². The highest BCUT2D eigenvalue weighted by atomic mass is 32.2. The molecule has 0 aliphatic carbocycles. The minimum Gasteiger partial charge on any atom is -0.356 e. The first-order valence-corrected chi connectivity index (χ1v) is 10.3. The molecule has 0 fully saturated rings. The van der Waals surface area contributed by atoms with Gasteiger partial charge < -0.3 is 10.6 Å². The van der Waals surface area contributed by atoms with Crippen LogP contribution < -0.4 is 16.3 Å². The molecule has 0 saturated heterocycles. The van der Waals surface area contributed by atoms with E-state index in [1.807, 2.05) is 16.3 Å². The van der Waals surface area contributed by atoms with Gasteiger partial charge in [0.1, 0.15) is 5.82 Å². The molecule has 1 aliphatic rings. The highest BCUT2D eigenvalue weighted by Gasteiger charge is 2.16. The third kappa shape index (κ3) is 5.58. The summed E-state index contributed by atoms with van der Waals surface area (Å²) in [6.45, 7) is 3.18. The summed E-state index contributed by atoms with van der Waals surface area (Å²) in [7, 11) is 1.78. The number of hydrogen-bond acceptors (Lipinski definition) is 4. The molecule has 0 atom stereocenters. The molecule has 136 valence electrons. The Hall–Kier alpha value is -1.44. The fourth-order valence-electron chi connectivity index (χ4n) is 2.83. The molecule has 0 spiro atoms. The maximum atomic E-state index is 12.2. The van der Waals surface area contributed by atoms with Crippen LogP contribution in [0.25, 0.3) is 0 Å². The second-order valence-electron chi connectivity index (χ2n) is 6.01. The summed E-state index contributed by atoms with van der Waals surface area (Å²) in [5.41, 5.74) is 0.0426. The monoisotopic (exact) mass is 354 g/mol. The second kappa shape index (κ2) is 10.4. The van der Waals surface area contributed by atoms with Crippen molar-refractivity contribution >= 4 is 17.7 Å². The third-order valence-electron chi connectivity index (χ3n) is 4.16. The molecule has 2 N–H and O–H groups in total. The number of guanidine groups is 1. The minimum atomic E-state index is 0.0426. The molecular formula is C16H30N6OS. The minimum absolute atomic E-state index is 0.0426. The molecular weight excluding hydrogens is 324 g/mol. The number of rotatable bonds is 9. The predicted molar refractivity (Wildman–Crippen MR) is 101 cm³/mol. The SMILES string of the molecule is CN=C(NCCCCSC)NCCCn1nc2n(c1=O)CCCC2. The number of unbranched alkanes of at least 4 members (excludes halogenated alkanes) is 1. The number of nitrogens with one attached hydrogen (secondary N) is 2. The summed E-state index contributed by atoms with van der Waals surface area (Å²) in [4.78, 5) is 16.5. The van der Waals surface area contributed by atoms with Gasteiger partial charge in [-0.1, -0.05) is 0 Å². The van der Waals surface area contributed by atoms with E-state index in [2.05, 4.69) is 27.0 Å². The Bertz CT molecular complexity index is 580. The molecule has 7 nitrogen and oxygen atoms in total. The first-order chi connectivity index (χ1) is 11.8. The second-order valence-corrected chi connectivity index (χ2v) is 7.00. The van der Waals surface area contributed by atoms with Crippen LogP contribution in [-0.4, -0.2) is 52.5 Å². The third-order valence-corrected chi connectivity index (χ3v) is 4.86. The molecule has 0 amide bonds. The van der Waals surface area contributed by atoms with Crippen molar-refractivity contribution in [3.05, 3.63) is 16.3 Å². The molecule has 0 unspecified atom stereocenters. The average molecular weight is 355 g/mol. The van der Waals surface area contributed by atoms with Crippen LogP contribution in [0.2, 0.25) is 0 Å². The maximum absolute atomic E-state index is 12.2. The molecule has 0 radical (unpaired) electrons. The highest BCUT2D eigenvalue weighted by molar-refractivity contribution is 7.98. The van der Waals surface area contributed by atoms with Crippen molar-refractivity contribution in [3.8, 4) is 0 Å². The van der Waals surface area contributed by atoms with Gasteiger partial charge in [0.05, 0.1) is 0 Å². The zero-order chi connectivity index (χ0) is 17.2. The molecule has 2 heterocycles. The fourth-order valence-corrected chi connectivity index (χ4v) is 3.32. The Morgan fingerprint density at radius 1 is 1.25 bits per heavy atom. The van der Waals surface area contributed by atoms with Crippen LogP contribution >= 0.6 is 11.8 Å². The first-order valence-electron chi connectivity index (χ1n) is 8.86. The van der Waals surface area contributed by atoms with Crippen LogP contribution in [0.5, 0.6) is 0 Å². The van der Waals surface area contributed by atoms with E-state index in [1.54, 1.807) is 11.7 Å². The van der Waals surface area contributed by atoms with Gasteiger partial charge in [0.2, 0.25) is 0 Å². The van der Waals surface area contributed by atoms with E-state index in [-0.39, 0.29) is 5.69 Å². The van der Waals surface area contributed by atoms with Gasteiger partial charge in [-0.3, -0.25) is 9.56 Å². The fraction of sp³-hybridized carbons (Fsp3) is 0.812. The van der Waals surface area contributed by atoms with Crippen molar-refractivity contribution in [2.45, 2.75) is 51.6 Å². The zero-order valence-electron chi connectivity index (χ0n) is 14.9. The number of aryl methyl sites for hydroxylation is 2. The molecule has 0 bridgehead atoms. The number of nitrogens with zero attached hydrogens (tertiary/aromatic N) is 4. The lowest BCUT2D eigenvalue weighted by atomic mass is 10.2. The van der Waals surface area contributed by atoms with Crippen LogP contribution in [0.4, 0.5) is 0 Å². The smallest absolute Gasteiger partial charge is 0.345 e. The van der Waals surface area contributed by atoms with Gasteiger partial charge in [-0.05, 0) is 44.1 Å². The summed E-state index contributed by atoms with van der Waals surface area (Å²) in [6, 6.07) is 0. The van der Waals surface area contributed by atoms with Gasteiger partial charge in [0.25, 0.3) is 0 Å². The van der Waals surface area contributed by atoms with Gasteiger partial charge in [0.15, 0.2) is 5.96 Å². The number of thioether (sulfide) groups is 1. The van der Waals surface area contributed by atoms with Crippen molar-refractivity contribution in [3.63, 3.8) is 0 Å². The van der Waals surface area contributed by atoms with Crippen LogP contribution in [0.15, 0.2) is 9.79 Å². The largest absolute Gasteiger partial charge is 0.356 e. The van der Waals surface area contributed by atoms with E-state index >= 15 is 0 Å². The number of aromatic nitrogens is 3. The maximum Gasteiger partial charge on any atom is 0.345 e. The predicted octanol–water partition coefficient (Wildman–Crippen LogP) is 1.08. The van der Waals surface area contributed by atoms with E-state index in [9.17, 15) is 4.79 Å². The summed E-state index contributed by atoms with van der Waals surface area (Å²) in [5, 5.41) is 11.1.